The summed E-state index contributed by atoms with van der Waals surface area (Å²) in [6.07, 6.45) is 0. The van der Waals surface area contributed by atoms with Crippen molar-refractivity contribution in [3.63, 3.8) is 0 Å². The smallest absolute Gasteiger partial charge is 0.152 e. The van der Waals surface area contributed by atoms with Gasteiger partial charge in [-0.1, -0.05) is 12.1 Å². The van der Waals surface area contributed by atoms with Crippen LogP contribution in [-0.4, -0.2) is 19.3 Å². The molecule has 0 radical (unpaired) electrons. The fourth-order valence-corrected chi connectivity index (χ4v) is 7.03. The lowest BCUT2D eigenvalue weighted by Gasteiger charge is -2.11. The van der Waals surface area contributed by atoms with Crippen LogP contribution >= 0.6 is 50.5 Å². The van der Waals surface area contributed by atoms with E-state index < -0.39 is 0 Å². The summed E-state index contributed by atoms with van der Waals surface area (Å²) in [6, 6.07) is 30.6. The zero-order valence-corrected chi connectivity index (χ0v) is 34.1. The van der Waals surface area contributed by atoms with Gasteiger partial charge in [0.1, 0.15) is 34.2 Å². The molecule has 7 aromatic rings. The molecule has 7 rings (SSSR count). The van der Waals surface area contributed by atoms with E-state index in [1.165, 1.54) is 7.11 Å². The van der Waals surface area contributed by atoms with E-state index in [0.29, 0.717) is 72.7 Å². The maximum atomic E-state index is 11.3. The van der Waals surface area contributed by atoms with E-state index in [9.17, 15) is 5.11 Å². The molecule has 0 bridgehead atoms. The van der Waals surface area contributed by atoms with Gasteiger partial charge in [-0.2, -0.15) is 20.5 Å². The number of azo groups is 4. The van der Waals surface area contributed by atoms with Gasteiger partial charge in [0.25, 0.3) is 0 Å². The predicted octanol–water partition coefficient (Wildman–Crippen LogP) is 14.4. The van der Waals surface area contributed by atoms with Crippen LogP contribution in [-0.2, 0) is 0 Å². The van der Waals surface area contributed by atoms with Gasteiger partial charge in [0.05, 0.1) is 42.7 Å². The molecular formula is C41H33N9O3S4. The third-order valence-corrected chi connectivity index (χ3v) is 9.96. The van der Waals surface area contributed by atoms with E-state index in [2.05, 4.69) is 91.4 Å². The zero-order chi connectivity index (χ0) is 40.2. The molecule has 0 heterocycles. The summed E-state index contributed by atoms with van der Waals surface area (Å²) in [5.41, 5.74) is 11.2. The lowest BCUT2D eigenvalue weighted by atomic mass is 10.1. The minimum Gasteiger partial charge on any atom is -0.505 e. The number of hydrogen-bond donors (Lipinski definition) is 6. The fraction of sp³-hybridized carbons (Fsp3) is 0.0732. The standard InChI is InChI=1S/C41H33N9O3S4/c1-21-13-34(48-50-40-38(57)19-30-28(41(40)51)10-11-31(42)39(30)49-45-23-5-4-6-26(54)15-23)36(53-3)20-33(21)47-46-32-12-9-25(17-35(32)52-2)44-43-24-8-7-22-14-27(55)18-37(56)29(22)16-24/h4-20,51,54-57H,42H2,1-3H3. The average molecular weight is 828 g/mol. The molecule has 284 valence electrons. The molecule has 0 saturated carbocycles. The second kappa shape index (κ2) is 17.1. The van der Waals surface area contributed by atoms with Gasteiger partial charge in [-0.05, 0) is 102 Å². The first-order valence-corrected chi connectivity index (χ1v) is 18.9. The van der Waals surface area contributed by atoms with Crippen molar-refractivity contribution in [1.82, 2.24) is 0 Å². The molecule has 0 amide bonds. The van der Waals surface area contributed by atoms with E-state index in [1.54, 1.807) is 67.8 Å². The lowest BCUT2D eigenvalue weighted by molar-refractivity contribution is 0.415. The molecule has 7 aromatic carbocycles. The highest BCUT2D eigenvalue weighted by Crippen LogP contribution is 2.46. The number of phenolic OH excluding ortho intramolecular Hbond substituents is 1. The van der Waals surface area contributed by atoms with Gasteiger partial charge in [0.2, 0.25) is 0 Å². The molecule has 0 atom stereocenters. The molecule has 0 spiro atoms. The topological polar surface area (TPSA) is 164 Å². The molecule has 0 aromatic heterocycles. The number of methoxy groups -OCH3 is 2. The van der Waals surface area contributed by atoms with Crippen molar-refractivity contribution in [2.24, 2.45) is 40.9 Å². The number of phenols is 1. The first-order valence-electron chi connectivity index (χ1n) is 17.1. The molecule has 0 saturated heterocycles. The first kappa shape index (κ1) is 39.3. The largest absolute Gasteiger partial charge is 0.505 e. The minimum atomic E-state index is -0.147. The van der Waals surface area contributed by atoms with Crippen LogP contribution in [0.4, 0.5) is 51.2 Å². The monoisotopic (exact) mass is 827 g/mol. The van der Waals surface area contributed by atoms with Gasteiger partial charge < -0.3 is 20.3 Å². The van der Waals surface area contributed by atoms with Crippen molar-refractivity contribution < 1.29 is 14.6 Å². The Morgan fingerprint density at radius 1 is 0.509 bits per heavy atom. The summed E-state index contributed by atoms with van der Waals surface area (Å²) in [4.78, 5) is 2.74. The van der Waals surface area contributed by atoms with Crippen LogP contribution in [0, 0.1) is 6.92 Å². The van der Waals surface area contributed by atoms with E-state index in [-0.39, 0.29) is 11.4 Å². The van der Waals surface area contributed by atoms with Crippen molar-refractivity contribution in [2.75, 3.05) is 20.0 Å². The van der Waals surface area contributed by atoms with Crippen molar-refractivity contribution in [1.29, 1.82) is 0 Å². The number of anilines is 1. The normalized spacial score (nSPS) is 12.0. The fourth-order valence-electron chi connectivity index (χ4n) is 5.83. The molecule has 0 unspecified atom stereocenters. The number of ether oxygens (including phenoxy) is 2. The van der Waals surface area contributed by atoms with E-state index in [1.807, 2.05) is 49.4 Å². The number of benzene rings is 7. The Bertz CT molecular complexity index is 2830. The second-order valence-corrected chi connectivity index (χ2v) is 14.5. The highest BCUT2D eigenvalue weighted by Gasteiger charge is 2.17. The van der Waals surface area contributed by atoms with E-state index in [4.69, 9.17) is 15.2 Å². The molecule has 0 aliphatic rings. The SMILES string of the molecule is COc1cc(N=Nc2ccc3cc(S)cc(S)c3c2)ccc1N=Nc1cc(OC)c(N=Nc2c(S)cc3c(N=Nc4cccc(S)c4)c(N)ccc3c2O)cc1C. The van der Waals surface area contributed by atoms with E-state index >= 15 is 0 Å². The Balaban J connectivity index is 1.12. The van der Waals surface area contributed by atoms with Crippen molar-refractivity contribution in [3.8, 4) is 17.2 Å². The third-order valence-electron chi connectivity index (χ3n) is 8.71. The van der Waals surface area contributed by atoms with Gasteiger partial charge in [0.15, 0.2) is 5.75 Å². The number of rotatable bonds is 10. The number of aromatic hydroxyl groups is 1. The first-order chi connectivity index (χ1) is 27.5. The number of nitrogens with two attached hydrogens (primary N) is 1. The van der Waals surface area contributed by atoms with Gasteiger partial charge >= 0.3 is 0 Å². The molecular weight excluding hydrogens is 795 g/mol. The summed E-state index contributed by atoms with van der Waals surface area (Å²) in [6.45, 7) is 1.86. The number of aryl methyl sites for hydroxylation is 1. The van der Waals surface area contributed by atoms with Crippen molar-refractivity contribution in [3.05, 3.63) is 109 Å². The molecule has 0 aliphatic carbocycles. The number of hydrogen-bond acceptors (Lipinski definition) is 16. The second-order valence-electron chi connectivity index (χ2n) is 12.5. The molecule has 0 aliphatic heterocycles. The molecule has 0 fully saturated rings. The maximum absolute atomic E-state index is 11.3. The summed E-state index contributed by atoms with van der Waals surface area (Å²) in [5, 5.41) is 49.5. The summed E-state index contributed by atoms with van der Waals surface area (Å²) >= 11 is 18.0. The number of fused-ring (bicyclic) bond motifs is 2. The number of nitrogen functional groups attached to an aromatic ring is 1. The zero-order valence-electron chi connectivity index (χ0n) is 30.5. The van der Waals surface area contributed by atoms with Gasteiger partial charge in [0, 0.05) is 42.5 Å². The quantitative estimate of drug-likeness (QED) is 0.0460. The van der Waals surface area contributed by atoms with Crippen LogP contribution in [0.15, 0.2) is 164 Å². The lowest BCUT2D eigenvalue weighted by Crippen LogP contribution is -1.88. The van der Waals surface area contributed by atoms with Crippen LogP contribution in [0.2, 0.25) is 0 Å². The Morgan fingerprint density at radius 3 is 1.95 bits per heavy atom. The molecule has 57 heavy (non-hydrogen) atoms. The molecule has 12 nitrogen and oxygen atoms in total. The highest BCUT2D eigenvalue weighted by molar-refractivity contribution is 7.81. The Labute approximate surface area is 349 Å². The van der Waals surface area contributed by atoms with Crippen LogP contribution in [0.25, 0.3) is 21.5 Å². The van der Waals surface area contributed by atoms with Crippen molar-refractivity contribution >= 4 is 123 Å². The number of thiol groups is 4. The predicted molar refractivity (Wildman–Crippen MR) is 237 cm³/mol. The molecule has 16 heteroatoms. The van der Waals surface area contributed by atoms with Gasteiger partial charge in [-0.3, -0.25) is 0 Å². The van der Waals surface area contributed by atoms with Crippen LogP contribution < -0.4 is 15.2 Å². The summed E-state index contributed by atoms with van der Waals surface area (Å²) in [5.74, 6) is 0.695. The Morgan fingerprint density at radius 2 is 1.18 bits per heavy atom. The summed E-state index contributed by atoms with van der Waals surface area (Å²) < 4.78 is 11.2. The summed E-state index contributed by atoms with van der Waals surface area (Å²) in [7, 11) is 3.06. The van der Waals surface area contributed by atoms with Crippen LogP contribution in [0.5, 0.6) is 17.2 Å². The average Bonchev–Trinajstić information content (AvgIpc) is 3.19. The Hall–Kier alpha value is -5.94. The minimum absolute atomic E-state index is 0.147. The van der Waals surface area contributed by atoms with Gasteiger partial charge in [-0.25, -0.2) is 0 Å². The molecule has 3 N–H and O–H groups in total. The number of nitrogens with zero attached hydrogens (tertiary/aromatic N) is 8. The third kappa shape index (κ3) is 8.73. The van der Waals surface area contributed by atoms with Crippen LogP contribution in [0.3, 0.4) is 0 Å². The van der Waals surface area contributed by atoms with Gasteiger partial charge in [-0.15, -0.1) is 71.0 Å². The maximum Gasteiger partial charge on any atom is 0.152 e. The van der Waals surface area contributed by atoms with Crippen LogP contribution in [0.1, 0.15) is 5.56 Å². The Kier molecular flexibility index (Phi) is 11.8. The van der Waals surface area contributed by atoms with E-state index in [0.717, 1.165) is 31.0 Å². The van der Waals surface area contributed by atoms with Crippen molar-refractivity contribution in [2.45, 2.75) is 26.5 Å². The highest BCUT2D eigenvalue weighted by atomic mass is 32.1.